The molecule has 1 aromatic heterocycles. The molecule has 1 aromatic carbocycles. The summed E-state index contributed by atoms with van der Waals surface area (Å²) in [5.41, 5.74) is 2.19. The predicted octanol–water partition coefficient (Wildman–Crippen LogP) is 4.15. The normalized spacial score (nSPS) is 11.9. The van der Waals surface area contributed by atoms with Gasteiger partial charge < -0.3 is 9.47 Å². The summed E-state index contributed by atoms with van der Waals surface area (Å²) in [5.74, 6) is 1.56. The lowest BCUT2D eigenvalue weighted by Gasteiger charge is -2.20. The van der Waals surface area contributed by atoms with Gasteiger partial charge in [0.2, 0.25) is 0 Å². The van der Waals surface area contributed by atoms with Crippen LogP contribution in [0.25, 0.3) is 11.0 Å². The van der Waals surface area contributed by atoms with E-state index in [-0.39, 0.29) is 0 Å². The fourth-order valence-electron chi connectivity index (χ4n) is 2.58. The molecule has 0 N–H and O–H groups in total. The Balaban J connectivity index is 2.36. The van der Waals surface area contributed by atoms with Crippen LogP contribution < -0.4 is 0 Å². The van der Waals surface area contributed by atoms with Gasteiger partial charge in [-0.25, -0.2) is 4.98 Å². The number of benzene rings is 1. The topological polar surface area (TPSA) is 21.1 Å². The molecule has 1 heterocycles. The molecule has 0 unspecified atom stereocenters. The summed E-state index contributed by atoms with van der Waals surface area (Å²) < 4.78 is 2.34. The monoisotopic (exact) mass is 293 g/mol. The minimum Gasteiger partial charge on any atom is -0.326 e. The van der Waals surface area contributed by atoms with Gasteiger partial charge in [-0.1, -0.05) is 39.3 Å². The summed E-state index contributed by atoms with van der Waals surface area (Å²) in [4.78, 5) is 7.20. The van der Waals surface area contributed by atoms with Crippen LogP contribution in [-0.2, 0) is 6.54 Å². The Labute approximate surface area is 126 Å². The molecule has 0 bridgehead atoms. The van der Waals surface area contributed by atoms with Crippen LogP contribution in [0.5, 0.6) is 0 Å². The lowest BCUT2D eigenvalue weighted by Crippen LogP contribution is -2.27. The molecule has 110 valence electrons. The lowest BCUT2D eigenvalue weighted by atomic mass is 10.2. The van der Waals surface area contributed by atoms with Crippen molar-refractivity contribution in [3.63, 3.8) is 0 Å². The number of fused-ring (bicyclic) bond motifs is 1. The van der Waals surface area contributed by atoms with E-state index in [1.165, 1.54) is 5.52 Å². The van der Waals surface area contributed by atoms with Crippen LogP contribution >= 0.6 is 11.6 Å². The molecule has 3 nitrogen and oxygen atoms in total. The molecule has 0 aliphatic carbocycles. The Morgan fingerprint density at radius 1 is 1.25 bits per heavy atom. The second-order valence-electron chi connectivity index (χ2n) is 5.44. The highest BCUT2D eigenvalue weighted by molar-refractivity contribution is 6.31. The van der Waals surface area contributed by atoms with Crippen LogP contribution in [0.3, 0.4) is 0 Å². The van der Waals surface area contributed by atoms with E-state index in [2.05, 4.69) is 43.2 Å². The van der Waals surface area contributed by atoms with Gasteiger partial charge in [-0.2, -0.15) is 0 Å². The standard InChI is InChI=1S/C16H24ClN3/c1-5-19(6-2)9-10-20-15-8-7-13(17)11-14(15)18-16(20)12(3)4/h7-8,11-12H,5-6,9-10H2,1-4H3. The maximum atomic E-state index is 6.07. The maximum absolute atomic E-state index is 6.07. The zero-order chi connectivity index (χ0) is 14.7. The van der Waals surface area contributed by atoms with Crippen LogP contribution in [0.1, 0.15) is 39.4 Å². The number of aromatic nitrogens is 2. The molecule has 0 aliphatic heterocycles. The lowest BCUT2D eigenvalue weighted by molar-refractivity contribution is 0.290. The second kappa shape index (κ2) is 6.59. The summed E-state index contributed by atoms with van der Waals surface area (Å²) >= 11 is 6.07. The van der Waals surface area contributed by atoms with Gasteiger partial charge in [-0.3, -0.25) is 0 Å². The highest BCUT2D eigenvalue weighted by Gasteiger charge is 2.14. The molecule has 0 radical (unpaired) electrons. The summed E-state index contributed by atoms with van der Waals surface area (Å²) in [6.45, 7) is 13.0. The first-order valence-corrected chi connectivity index (χ1v) is 7.82. The van der Waals surface area contributed by atoms with E-state index in [1.807, 2.05) is 12.1 Å². The number of imidazole rings is 1. The van der Waals surface area contributed by atoms with Crippen molar-refractivity contribution in [2.24, 2.45) is 0 Å². The average Bonchev–Trinajstić information content (AvgIpc) is 2.78. The van der Waals surface area contributed by atoms with Crippen molar-refractivity contribution >= 4 is 22.6 Å². The van der Waals surface area contributed by atoms with Gasteiger partial charge in [-0.15, -0.1) is 0 Å². The van der Waals surface area contributed by atoms with Gasteiger partial charge in [0.15, 0.2) is 0 Å². The van der Waals surface area contributed by atoms with Gasteiger partial charge in [0.1, 0.15) is 5.82 Å². The molecule has 0 amide bonds. The van der Waals surface area contributed by atoms with E-state index >= 15 is 0 Å². The molecular formula is C16H24ClN3. The Morgan fingerprint density at radius 3 is 2.55 bits per heavy atom. The van der Waals surface area contributed by atoms with Crippen molar-refractivity contribution in [2.45, 2.75) is 40.2 Å². The Kier molecular flexibility index (Phi) is 5.06. The van der Waals surface area contributed by atoms with Crippen LogP contribution in [0.15, 0.2) is 18.2 Å². The van der Waals surface area contributed by atoms with Crippen molar-refractivity contribution in [2.75, 3.05) is 19.6 Å². The Bertz CT molecular complexity index is 570. The highest BCUT2D eigenvalue weighted by Crippen LogP contribution is 2.24. The first-order chi connectivity index (χ1) is 9.56. The van der Waals surface area contributed by atoms with E-state index in [4.69, 9.17) is 16.6 Å². The average molecular weight is 294 g/mol. The summed E-state index contributed by atoms with van der Waals surface area (Å²) in [6.07, 6.45) is 0. The van der Waals surface area contributed by atoms with Gasteiger partial charge in [0, 0.05) is 24.0 Å². The third kappa shape index (κ3) is 3.15. The van der Waals surface area contributed by atoms with Crippen molar-refractivity contribution in [1.29, 1.82) is 0 Å². The zero-order valence-corrected chi connectivity index (χ0v) is 13.6. The molecule has 20 heavy (non-hydrogen) atoms. The summed E-state index contributed by atoms with van der Waals surface area (Å²) in [5, 5.41) is 0.751. The Hall–Kier alpha value is -1.06. The number of nitrogens with zero attached hydrogens (tertiary/aromatic N) is 3. The first kappa shape index (κ1) is 15.3. The van der Waals surface area contributed by atoms with Gasteiger partial charge >= 0.3 is 0 Å². The van der Waals surface area contributed by atoms with E-state index in [9.17, 15) is 0 Å². The van der Waals surface area contributed by atoms with E-state index in [0.29, 0.717) is 5.92 Å². The minimum absolute atomic E-state index is 0.415. The largest absolute Gasteiger partial charge is 0.326 e. The van der Waals surface area contributed by atoms with E-state index in [0.717, 1.165) is 42.5 Å². The van der Waals surface area contributed by atoms with Crippen molar-refractivity contribution in [3.05, 3.63) is 29.0 Å². The molecule has 0 aliphatic rings. The van der Waals surface area contributed by atoms with Gasteiger partial charge in [0.05, 0.1) is 11.0 Å². The zero-order valence-electron chi connectivity index (χ0n) is 12.9. The third-order valence-corrected chi connectivity index (χ3v) is 4.03. The molecule has 0 saturated heterocycles. The molecule has 0 spiro atoms. The van der Waals surface area contributed by atoms with Crippen molar-refractivity contribution < 1.29 is 0 Å². The smallest absolute Gasteiger partial charge is 0.112 e. The molecule has 2 aromatic rings. The molecule has 0 fully saturated rings. The number of hydrogen-bond acceptors (Lipinski definition) is 2. The minimum atomic E-state index is 0.415. The van der Waals surface area contributed by atoms with Crippen LogP contribution in [0, 0.1) is 0 Å². The first-order valence-electron chi connectivity index (χ1n) is 7.44. The number of halogens is 1. The van der Waals surface area contributed by atoms with Crippen LogP contribution in [-0.4, -0.2) is 34.1 Å². The number of hydrogen-bond donors (Lipinski definition) is 0. The second-order valence-corrected chi connectivity index (χ2v) is 5.87. The van der Waals surface area contributed by atoms with Crippen molar-refractivity contribution in [1.82, 2.24) is 14.5 Å². The SMILES string of the molecule is CCN(CC)CCn1c(C(C)C)nc2cc(Cl)ccc21. The van der Waals surface area contributed by atoms with Crippen molar-refractivity contribution in [3.8, 4) is 0 Å². The number of likely N-dealkylation sites (N-methyl/N-ethyl adjacent to an activating group) is 1. The molecule has 0 atom stereocenters. The highest BCUT2D eigenvalue weighted by atomic mass is 35.5. The molecule has 0 saturated carbocycles. The third-order valence-electron chi connectivity index (χ3n) is 3.79. The number of rotatable bonds is 6. The molecule has 2 rings (SSSR count). The van der Waals surface area contributed by atoms with Gasteiger partial charge in [0.25, 0.3) is 0 Å². The van der Waals surface area contributed by atoms with Gasteiger partial charge in [-0.05, 0) is 31.3 Å². The molecular weight excluding hydrogens is 270 g/mol. The summed E-state index contributed by atoms with van der Waals surface area (Å²) in [7, 11) is 0. The maximum Gasteiger partial charge on any atom is 0.112 e. The Morgan fingerprint density at radius 2 is 1.95 bits per heavy atom. The fourth-order valence-corrected chi connectivity index (χ4v) is 2.74. The fraction of sp³-hybridized carbons (Fsp3) is 0.562. The van der Waals surface area contributed by atoms with Crippen LogP contribution in [0.4, 0.5) is 0 Å². The van der Waals surface area contributed by atoms with Crippen LogP contribution in [0.2, 0.25) is 5.02 Å². The molecule has 4 heteroatoms. The van der Waals surface area contributed by atoms with E-state index in [1.54, 1.807) is 0 Å². The quantitative estimate of drug-likeness (QED) is 0.797. The van der Waals surface area contributed by atoms with E-state index < -0.39 is 0 Å². The summed E-state index contributed by atoms with van der Waals surface area (Å²) in [6, 6.07) is 5.99. The predicted molar refractivity (Wildman–Crippen MR) is 86.6 cm³/mol.